The van der Waals surface area contributed by atoms with Crippen LogP contribution in [0.15, 0.2) is 53.6 Å². The number of nitrogens with zero attached hydrogens (tertiary/aromatic N) is 3. The highest BCUT2D eigenvalue weighted by Crippen LogP contribution is 2.45. The van der Waals surface area contributed by atoms with Crippen molar-refractivity contribution in [2.75, 3.05) is 23.9 Å². The summed E-state index contributed by atoms with van der Waals surface area (Å²) < 4.78 is 122. The first-order valence-electron chi connectivity index (χ1n) is 11.8. The summed E-state index contributed by atoms with van der Waals surface area (Å²) in [5.74, 6) is -7.36. The van der Waals surface area contributed by atoms with Gasteiger partial charge >= 0.3 is 12.1 Å². The number of hydrazone groups is 1. The Labute approximate surface area is 215 Å². The predicted molar refractivity (Wildman–Crippen MR) is 129 cm³/mol. The van der Waals surface area contributed by atoms with E-state index in [0.29, 0.717) is 24.5 Å². The van der Waals surface area contributed by atoms with Gasteiger partial charge in [-0.1, -0.05) is 31.2 Å². The fraction of sp³-hybridized carbons (Fsp3) is 0.400. The molecule has 206 valence electrons. The summed E-state index contributed by atoms with van der Waals surface area (Å²) in [4.78, 5) is 0. The summed E-state index contributed by atoms with van der Waals surface area (Å²) in [6.07, 6.45) is -4.20. The second-order valence-electron chi connectivity index (χ2n) is 9.06. The van der Waals surface area contributed by atoms with Crippen LogP contribution >= 0.6 is 0 Å². The van der Waals surface area contributed by atoms with E-state index in [0.717, 1.165) is 22.7 Å². The van der Waals surface area contributed by atoms with Gasteiger partial charge in [-0.15, -0.1) is 0 Å². The highest BCUT2D eigenvalue weighted by molar-refractivity contribution is 7.89. The van der Waals surface area contributed by atoms with Gasteiger partial charge in [0.1, 0.15) is 11.5 Å². The summed E-state index contributed by atoms with van der Waals surface area (Å²) in [6, 6.07) is 7.38. The van der Waals surface area contributed by atoms with Crippen molar-refractivity contribution in [2.24, 2.45) is 5.10 Å². The van der Waals surface area contributed by atoms with Gasteiger partial charge in [-0.05, 0) is 47.7 Å². The van der Waals surface area contributed by atoms with Crippen LogP contribution in [-0.4, -0.2) is 49.4 Å². The minimum absolute atomic E-state index is 0.0218. The SMILES string of the molecule is CCCS(=O)(=O)N1CC=C(c2cccc(C3CC(C(F)(F)C(F)(F)F)=NN3c3ccc(F)cc3F)c2)CC1. The minimum Gasteiger partial charge on any atom is -0.255 e. The Bertz CT molecular complexity index is 1370. The third-order valence-electron chi connectivity index (χ3n) is 6.45. The van der Waals surface area contributed by atoms with Crippen molar-refractivity contribution in [1.29, 1.82) is 0 Å². The van der Waals surface area contributed by atoms with Crippen molar-refractivity contribution in [3.8, 4) is 0 Å². The van der Waals surface area contributed by atoms with Crippen molar-refractivity contribution < 1.29 is 39.2 Å². The fourth-order valence-electron chi connectivity index (χ4n) is 4.51. The van der Waals surface area contributed by atoms with E-state index in [4.69, 9.17) is 0 Å². The molecule has 0 amide bonds. The van der Waals surface area contributed by atoms with Crippen molar-refractivity contribution in [2.45, 2.75) is 44.3 Å². The normalized spacial score (nSPS) is 19.5. The van der Waals surface area contributed by atoms with Crippen LogP contribution in [0, 0.1) is 11.6 Å². The van der Waals surface area contributed by atoms with Gasteiger partial charge in [0, 0.05) is 25.6 Å². The molecule has 0 saturated carbocycles. The maximum absolute atomic E-state index is 14.6. The Kier molecular flexibility index (Phi) is 7.63. The van der Waals surface area contributed by atoms with Crippen LogP contribution in [0.25, 0.3) is 5.57 Å². The Hall–Kier alpha value is -2.93. The highest BCUT2D eigenvalue weighted by atomic mass is 32.2. The lowest BCUT2D eigenvalue weighted by atomic mass is 9.93. The molecule has 13 heteroatoms. The lowest BCUT2D eigenvalue weighted by Gasteiger charge is -2.27. The topological polar surface area (TPSA) is 53.0 Å². The van der Waals surface area contributed by atoms with Gasteiger partial charge in [0.05, 0.1) is 17.5 Å². The Morgan fingerprint density at radius 3 is 2.39 bits per heavy atom. The molecule has 0 fully saturated rings. The second-order valence-corrected chi connectivity index (χ2v) is 11.1. The number of alkyl halides is 5. The molecule has 1 atom stereocenters. The molecule has 38 heavy (non-hydrogen) atoms. The smallest absolute Gasteiger partial charge is 0.255 e. The highest BCUT2D eigenvalue weighted by Gasteiger charge is 2.63. The number of hydrogen-bond acceptors (Lipinski definition) is 4. The molecule has 0 aliphatic carbocycles. The number of rotatable bonds is 7. The molecule has 0 radical (unpaired) electrons. The van der Waals surface area contributed by atoms with Gasteiger partial charge < -0.3 is 0 Å². The van der Waals surface area contributed by atoms with Crippen LogP contribution in [0.2, 0.25) is 0 Å². The van der Waals surface area contributed by atoms with E-state index in [2.05, 4.69) is 5.10 Å². The average molecular weight is 564 g/mol. The lowest BCUT2D eigenvalue weighted by molar-refractivity contribution is -0.249. The largest absolute Gasteiger partial charge is 0.459 e. The molecule has 0 aromatic heterocycles. The van der Waals surface area contributed by atoms with Crippen molar-refractivity contribution in [1.82, 2.24) is 4.31 Å². The van der Waals surface area contributed by atoms with Crippen LogP contribution < -0.4 is 5.01 Å². The molecule has 0 spiro atoms. The summed E-state index contributed by atoms with van der Waals surface area (Å²) in [5.41, 5.74) is -0.272. The van der Waals surface area contributed by atoms with Gasteiger partial charge in [-0.3, -0.25) is 5.01 Å². The zero-order valence-corrected chi connectivity index (χ0v) is 21.0. The van der Waals surface area contributed by atoms with E-state index in [1.54, 1.807) is 31.2 Å². The molecule has 2 aliphatic rings. The molecule has 2 aliphatic heterocycles. The van der Waals surface area contributed by atoms with Gasteiger partial charge in [0.15, 0.2) is 5.82 Å². The van der Waals surface area contributed by atoms with E-state index in [-0.39, 0.29) is 24.4 Å². The van der Waals surface area contributed by atoms with Crippen LogP contribution in [0.3, 0.4) is 0 Å². The summed E-state index contributed by atoms with van der Waals surface area (Å²) >= 11 is 0. The molecule has 0 saturated heterocycles. The molecule has 2 aromatic rings. The molecule has 4 rings (SSSR count). The standard InChI is InChI=1S/C25H24F7N3O2S/c1-2-12-38(36,37)34-10-8-16(9-11-34)17-4-3-5-18(13-17)22-15-23(24(28,29)25(30,31)32)33-35(22)21-7-6-19(26)14-20(21)27/h3-8,13-14,22H,2,9-12,15H2,1H3. The maximum Gasteiger partial charge on any atom is 0.459 e. The van der Waals surface area contributed by atoms with Crippen LogP contribution in [0.4, 0.5) is 36.4 Å². The van der Waals surface area contributed by atoms with Gasteiger partial charge in [0.25, 0.3) is 0 Å². The second kappa shape index (κ2) is 10.3. The monoisotopic (exact) mass is 563 g/mol. The molecular formula is C25H24F7N3O2S. The van der Waals surface area contributed by atoms with E-state index in [1.807, 2.05) is 0 Å². The van der Waals surface area contributed by atoms with Crippen molar-refractivity contribution in [3.05, 3.63) is 71.3 Å². The van der Waals surface area contributed by atoms with Gasteiger partial charge in [-0.2, -0.15) is 31.4 Å². The molecule has 0 N–H and O–H groups in total. The maximum atomic E-state index is 14.6. The zero-order valence-electron chi connectivity index (χ0n) is 20.2. The average Bonchev–Trinajstić information content (AvgIpc) is 3.29. The molecule has 0 bridgehead atoms. The Morgan fingerprint density at radius 2 is 1.79 bits per heavy atom. The first kappa shape index (κ1) is 28.1. The van der Waals surface area contributed by atoms with Crippen LogP contribution in [0.1, 0.15) is 43.4 Å². The molecule has 2 heterocycles. The van der Waals surface area contributed by atoms with Crippen molar-refractivity contribution >= 4 is 27.0 Å². The molecule has 5 nitrogen and oxygen atoms in total. The number of hydrogen-bond donors (Lipinski definition) is 0. The molecule has 1 unspecified atom stereocenters. The summed E-state index contributed by atoms with van der Waals surface area (Å²) in [5, 5.41) is 4.19. The summed E-state index contributed by atoms with van der Waals surface area (Å²) in [7, 11) is -3.40. The zero-order chi connectivity index (χ0) is 27.9. The van der Waals surface area contributed by atoms with E-state index in [9.17, 15) is 39.2 Å². The van der Waals surface area contributed by atoms with E-state index in [1.165, 1.54) is 10.4 Å². The fourth-order valence-corrected chi connectivity index (χ4v) is 5.96. The molecular weight excluding hydrogens is 539 g/mol. The Morgan fingerprint density at radius 1 is 1.05 bits per heavy atom. The predicted octanol–water partition coefficient (Wildman–Crippen LogP) is 6.30. The van der Waals surface area contributed by atoms with Crippen LogP contribution in [-0.2, 0) is 10.0 Å². The van der Waals surface area contributed by atoms with E-state index < -0.39 is 57.6 Å². The Balaban J connectivity index is 1.68. The number of sulfonamides is 1. The summed E-state index contributed by atoms with van der Waals surface area (Å²) in [6.45, 7) is 2.14. The lowest BCUT2D eigenvalue weighted by Crippen LogP contribution is -2.43. The van der Waals surface area contributed by atoms with Crippen LogP contribution in [0.5, 0.6) is 0 Å². The van der Waals surface area contributed by atoms with E-state index >= 15 is 0 Å². The number of anilines is 1. The first-order chi connectivity index (χ1) is 17.7. The van der Waals surface area contributed by atoms with Crippen molar-refractivity contribution in [3.63, 3.8) is 0 Å². The third-order valence-corrected chi connectivity index (χ3v) is 8.50. The minimum atomic E-state index is -5.91. The third kappa shape index (κ3) is 5.44. The van der Waals surface area contributed by atoms with Gasteiger partial charge in [0.2, 0.25) is 10.0 Å². The quantitative estimate of drug-likeness (QED) is 0.372. The van der Waals surface area contributed by atoms with Gasteiger partial charge in [-0.25, -0.2) is 17.2 Å². The first-order valence-corrected chi connectivity index (χ1v) is 13.4. The number of benzene rings is 2. The molecule has 2 aromatic carbocycles. The number of halogens is 7.